The predicted molar refractivity (Wildman–Crippen MR) is 112 cm³/mol. The minimum absolute atomic E-state index is 0.173. The average molecular weight is 399 g/mol. The van der Waals surface area contributed by atoms with E-state index >= 15 is 0 Å². The molecule has 2 saturated carbocycles. The van der Waals surface area contributed by atoms with E-state index in [9.17, 15) is 15.0 Å². The molecule has 0 radical (unpaired) electrons. The molecule has 0 saturated heterocycles. The molecule has 7 atom stereocenters. The van der Waals surface area contributed by atoms with Gasteiger partial charge < -0.3 is 15.3 Å². The highest BCUT2D eigenvalue weighted by Gasteiger charge is 2.46. The average Bonchev–Trinajstić information content (AvgIpc) is 3.11. The standard InChI is InChI=1S/C22H38O4S/c1-3-4-5-15(2)10-18(23)6-7-19-20-12-16(8-9-27-14-22(25)26)11-17(20)13-21(19)24/h6-7,15-21,23-24H,3-5,8-14H2,1-2H3,(H,25,26)/t15?,16?,17-,18?,19-,20+,21-/m0/s1. The molecule has 2 aliphatic carbocycles. The van der Waals surface area contributed by atoms with Gasteiger partial charge >= 0.3 is 5.97 Å². The summed E-state index contributed by atoms with van der Waals surface area (Å²) in [4.78, 5) is 10.6. The molecule has 0 aromatic rings. The topological polar surface area (TPSA) is 77.8 Å². The number of unbranched alkanes of at least 4 members (excludes halogenated alkanes) is 1. The molecule has 0 aliphatic heterocycles. The van der Waals surface area contributed by atoms with Gasteiger partial charge in [0.15, 0.2) is 0 Å². The second-order valence-corrected chi connectivity index (χ2v) is 9.92. The van der Waals surface area contributed by atoms with Crippen LogP contribution in [0.5, 0.6) is 0 Å². The zero-order chi connectivity index (χ0) is 19.8. The fourth-order valence-electron chi connectivity index (χ4n) is 5.11. The lowest BCUT2D eigenvalue weighted by atomic mass is 9.89. The Kier molecular flexibility index (Phi) is 9.67. The normalized spacial score (nSPS) is 32.7. The summed E-state index contributed by atoms with van der Waals surface area (Å²) in [6.07, 6.45) is 12.0. The number of thioether (sulfide) groups is 1. The molecule has 0 aromatic heterocycles. The molecule has 4 nitrogen and oxygen atoms in total. The molecule has 2 aliphatic rings. The minimum Gasteiger partial charge on any atom is -0.481 e. The molecule has 0 bridgehead atoms. The fraction of sp³-hybridized carbons (Fsp3) is 0.864. The quantitative estimate of drug-likeness (QED) is 0.336. The highest BCUT2D eigenvalue weighted by Crippen LogP contribution is 2.51. The van der Waals surface area contributed by atoms with Crippen molar-refractivity contribution in [3.63, 3.8) is 0 Å². The van der Waals surface area contributed by atoms with Crippen molar-refractivity contribution in [2.75, 3.05) is 11.5 Å². The second-order valence-electron chi connectivity index (χ2n) is 8.81. The summed E-state index contributed by atoms with van der Waals surface area (Å²) in [6, 6.07) is 0. The van der Waals surface area contributed by atoms with Crippen molar-refractivity contribution in [2.45, 2.75) is 77.4 Å². The number of aliphatic hydroxyl groups is 2. The summed E-state index contributed by atoms with van der Waals surface area (Å²) < 4.78 is 0. The third kappa shape index (κ3) is 7.43. The zero-order valence-electron chi connectivity index (χ0n) is 16.9. The number of aliphatic hydroxyl groups excluding tert-OH is 2. The van der Waals surface area contributed by atoms with E-state index in [1.54, 1.807) is 0 Å². The van der Waals surface area contributed by atoms with E-state index < -0.39 is 12.1 Å². The minimum atomic E-state index is -0.737. The van der Waals surface area contributed by atoms with Gasteiger partial charge in [0.2, 0.25) is 0 Å². The Morgan fingerprint density at radius 2 is 2.07 bits per heavy atom. The van der Waals surface area contributed by atoms with Gasteiger partial charge in [-0.05, 0) is 61.5 Å². The van der Waals surface area contributed by atoms with Crippen molar-refractivity contribution < 1.29 is 20.1 Å². The van der Waals surface area contributed by atoms with Crippen LogP contribution in [0.3, 0.4) is 0 Å². The maximum Gasteiger partial charge on any atom is 0.313 e. The number of carboxylic acids is 1. The van der Waals surface area contributed by atoms with Crippen LogP contribution in [0.4, 0.5) is 0 Å². The van der Waals surface area contributed by atoms with E-state index in [1.165, 1.54) is 31.0 Å². The third-order valence-corrected chi connectivity index (χ3v) is 7.45. The largest absolute Gasteiger partial charge is 0.481 e. The lowest BCUT2D eigenvalue weighted by Crippen LogP contribution is -2.19. The molecule has 0 amide bonds. The summed E-state index contributed by atoms with van der Waals surface area (Å²) in [5, 5.41) is 29.5. The number of hydrogen-bond donors (Lipinski definition) is 3. The van der Waals surface area contributed by atoms with E-state index in [0.717, 1.165) is 37.9 Å². The van der Waals surface area contributed by atoms with Gasteiger partial charge in [-0.15, -0.1) is 0 Å². The maximum absolute atomic E-state index is 10.6. The molecule has 156 valence electrons. The number of fused-ring (bicyclic) bond motifs is 1. The van der Waals surface area contributed by atoms with Gasteiger partial charge in [0.05, 0.1) is 18.0 Å². The van der Waals surface area contributed by atoms with Crippen LogP contribution in [0.2, 0.25) is 0 Å². The Labute approximate surface area is 168 Å². The van der Waals surface area contributed by atoms with E-state index in [0.29, 0.717) is 23.7 Å². The summed E-state index contributed by atoms with van der Waals surface area (Å²) >= 11 is 1.51. The van der Waals surface area contributed by atoms with Crippen molar-refractivity contribution >= 4 is 17.7 Å². The molecule has 0 spiro atoms. The number of carboxylic acid groups (broad SMARTS) is 1. The van der Waals surface area contributed by atoms with Crippen LogP contribution in [-0.2, 0) is 4.79 Å². The van der Waals surface area contributed by atoms with Crippen LogP contribution in [-0.4, -0.2) is 45.0 Å². The Morgan fingerprint density at radius 1 is 1.30 bits per heavy atom. The van der Waals surface area contributed by atoms with Crippen LogP contribution in [0.15, 0.2) is 12.2 Å². The lowest BCUT2D eigenvalue weighted by molar-refractivity contribution is -0.133. The first-order chi connectivity index (χ1) is 12.9. The Balaban J connectivity index is 1.77. The molecule has 27 heavy (non-hydrogen) atoms. The molecular weight excluding hydrogens is 360 g/mol. The van der Waals surface area contributed by atoms with Crippen LogP contribution in [0.1, 0.15) is 65.2 Å². The van der Waals surface area contributed by atoms with Crippen LogP contribution in [0, 0.1) is 29.6 Å². The lowest BCUT2D eigenvalue weighted by Gasteiger charge is -2.20. The Bertz CT molecular complexity index is 481. The van der Waals surface area contributed by atoms with Crippen LogP contribution in [0.25, 0.3) is 0 Å². The maximum atomic E-state index is 10.6. The van der Waals surface area contributed by atoms with Gasteiger partial charge in [0.25, 0.3) is 0 Å². The number of aliphatic carboxylic acids is 1. The third-order valence-electron chi connectivity index (χ3n) is 6.48. The summed E-state index contributed by atoms with van der Waals surface area (Å²) in [6.45, 7) is 4.40. The second kappa shape index (κ2) is 11.5. The van der Waals surface area contributed by atoms with Gasteiger partial charge in [0.1, 0.15) is 0 Å². The van der Waals surface area contributed by atoms with Crippen LogP contribution < -0.4 is 0 Å². The first-order valence-electron chi connectivity index (χ1n) is 10.7. The first-order valence-corrected chi connectivity index (χ1v) is 11.9. The highest BCUT2D eigenvalue weighted by molar-refractivity contribution is 7.99. The number of carbonyl (C=O) groups is 1. The smallest absolute Gasteiger partial charge is 0.313 e. The monoisotopic (exact) mass is 398 g/mol. The van der Waals surface area contributed by atoms with Gasteiger partial charge in [-0.1, -0.05) is 45.3 Å². The molecule has 3 N–H and O–H groups in total. The van der Waals surface area contributed by atoms with Gasteiger partial charge in [0, 0.05) is 5.92 Å². The Morgan fingerprint density at radius 3 is 2.78 bits per heavy atom. The number of rotatable bonds is 12. The van der Waals surface area contributed by atoms with Crippen molar-refractivity contribution in [2.24, 2.45) is 29.6 Å². The molecule has 2 fully saturated rings. The summed E-state index contributed by atoms with van der Waals surface area (Å²) in [7, 11) is 0. The van der Waals surface area contributed by atoms with Crippen molar-refractivity contribution in [1.82, 2.24) is 0 Å². The van der Waals surface area contributed by atoms with Crippen molar-refractivity contribution in [3.05, 3.63) is 12.2 Å². The van der Waals surface area contributed by atoms with Gasteiger partial charge in [-0.25, -0.2) is 0 Å². The highest BCUT2D eigenvalue weighted by atomic mass is 32.2. The molecule has 0 heterocycles. The SMILES string of the molecule is CCCCC(C)CC(O)C=C[C@H]1[C@@H]2CC(CCSCC(=O)O)C[C@H]2C[C@@H]1O. The van der Waals surface area contributed by atoms with E-state index in [4.69, 9.17) is 5.11 Å². The van der Waals surface area contributed by atoms with Crippen molar-refractivity contribution in [1.29, 1.82) is 0 Å². The molecule has 2 rings (SSSR count). The van der Waals surface area contributed by atoms with Gasteiger partial charge in [-0.3, -0.25) is 4.79 Å². The van der Waals surface area contributed by atoms with E-state index in [-0.39, 0.29) is 17.8 Å². The van der Waals surface area contributed by atoms with Crippen molar-refractivity contribution in [3.8, 4) is 0 Å². The summed E-state index contributed by atoms with van der Waals surface area (Å²) in [5.41, 5.74) is 0. The number of hydrogen-bond acceptors (Lipinski definition) is 4. The zero-order valence-corrected chi connectivity index (χ0v) is 17.7. The fourth-order valence-corrected chi connectivity index (χ4v) is 5.92. The molecule has 0 aromatic carbocycles. The summed E-state index contributed by atoms with van der Waals surface area (Å²) in [5.74, 6) is 2.84. The first kappa shape index (κ1) is 22.8. The molecule has 5 heteroatoms. The predicted octanol–water partition coefficient (Wildman–Crippen LogP) is 4.35. The molecular formula is C22H38O4S. The van der Waals surface area contributed by atoms with E-state index in [1.807, 2.05) is 6.08 Å². The van der Waals surface area contributed by atoms with Crippen LogP contribution >= 0.6 is 11.8 Å². The van der Waals surface area contributed by atoms with E-state index in [2.05, 4.69) is 19.9 Å². The Hall–Kier alpha value is -0.520. The van der Waals surface area contributed by atoms with Gasteiger partial charge in [-0.2, -0.15) is 11.8 Å². The molecule has 3 unspecified atom stereocenters.